The molecule has 0 fully saturated rings. The van der Waals surface area contributed by atoms with E-state index in [1.165, 1.54) is 0 Å². The van der Waals surface area contributed by atoms with Crippen LogP contribution < -0.4 is 4.74 Å². The van der Waals surface area contributed by atoms with Crippen molar-refractivity contribution in [3.63, 3.8) is 0 Å². The Morgan fingerprint density at radius 1 is 0.933 bits per heavy atom. The lowest BCUT2D eigenvalue weighted by Crippen LogP contribution is -1.94. The topological polar surface area (TPSA) is 44.1 Å². The predicted octanol–water partition coefficient (Wildman–Crippen LogP) is 5.83. The Morgan fingerprint density at radius 3 is 2.27 bits per heavy atom. The predicted molar refractivity (Wildman–Crippen MR) is 120 cm³/mol. The van der Waals surface area contributed by atoms with Crippen LogP contribution in [-0.4, -0.2) is 22.2 Å². The molecule has 4 rings (SSSR count). The van der Waals surface area contributed by atoms with E-state index in [9.17, 15) is 4.79 Å². The minimum absolute atomic E-state index is 0.0410. The Kier molecular flexibility index (Phi) is 5.85. The van der Waals surface area contributed by atoms with Crippen LogP contribution >= 0.6 is 0 Å². The lowest BCUT2D eigenvalue weighted by molar-refractivity contribution is 0.104. The Morgan fingerprint density at radius 2 is 1.60 bits per heavy atom. The number of ketones is 1. The number of nitrogens with zero attached hydrogens (tertiary/aromatic N) is 2. The quantitative estimate of drug-likeness (QED) is 0.292. The summed E-state index contributed by atoms with van der Waals surface area (Å²) >= 11 is 0. The molecular weight excluding hydrogens is 372 g/mol. The summed E-state index contributed by atoms with van der Waals surface area (Å²) in [5.41, 5.74) is 4.25. The second-order valence-corrected chi connectivity index (χ2v) is 6.73. The molecule has 0 atom stereocenters. The molecule has 1 aromatic heterocycles. The Hall–Kier alpha value is -3.92. The number of carbonyl (C=O) groups is 1. The molecular formula is C26H22N2O2. The zero-order chi connectivity index (χ0) is 20.8. The first-order chi connectivity index (χ1) is 14.7. The molecule has 1 heterocycles. The van der Waals surface area contributed by atoms with Crippen molar-refractivity contribution < 1.29 is 9.53 Å². The number of hydrogen-bond donors (Lipinski definition) is 0. The SMILES string of the molecule is CCOc1ccc(-c2nn(-c3ccccc3)cc2C=CC(=O)c2ccccc2)cc1. The summed E-state index contributed by atoms with van der Waals surface area (Å²) in [6, 6.07) is 27.0. The van der Waals surface area contributed by atoms with Gasteiger partial charge in [-0.05, 0) is 55.5 Å². The number of carbonyl (C=O) groups excluding carboxylic acids is 1. The highest BCUT2D eigenvalue weighted by Crippen LogP contribution is 2.27. The van der Waals surface area contributed by atoms with Gasteiger partial charge in [-0.1, -0.05) is 48.5 Å². The van der Waals surface area contributed by atoms with Crippen LogP contribution in [-0.2, 0) is 0 Å². The number of hydrogen-bond acceptors (Lipinski definition) is 3. The van der Waals surface area contributed by atoms with E-state index in [0.29, 0.717) is 12.2 Å². The van der Waals surface area contributed by atoms with Gasteiger partial charge in [0.15, 0.2) is 5.78 Å². The molecule has 0 N–H and O–H groups in total. The first-order valence-electron chi connectivity index (χ1n) is 9.90. The normalized spacial score (nSPS) is 11.0. The lowest BCUT2D eigenvalue weighted by Gasteiger charge is -2.04. The van der Waals surface area contributed by atoms with Gasteiger partial charge in [-0.15, -0.1) is 0 Å². The van der Waals surface area contributed by atoms with Gasteiger partial charge in [0.05, 0.1) is 18.0 Å². The zero-order valence-electron chi connectivity index (χ0n) is 16.7. The second-order valence-electron chi connectivity index (χ2n) is 6.73. The molecule has 0 saturated carbocycles. The van der Waals surface area contributed by atoms with Gasteiger partial charge in [-0.25, -0.2) is 4.68 Å². The van der Waals surface area contributed by atoms with Gasteiger partial charge in [-0.3, -0.25) is 4.79 Å². The maximum Gasteiger partial charge on any atom is 0.185 e. The van der Waals surface area contributed by atoms with Crippen LogP contribution in [0.3, 0.4) is 0 Å². The third-order valence-corrected chi connectivity index (χ3v) is 4.67. The minimum Gasteiger partial charge on any atom is -0.494 e. The number of aromatic nitrogens is 2. The fourth-order valence-corrected chi connectivity index (χ4v) is 3.19. The third-order valence-electron chi connectivity index (χ3n) is 4.67. The van der Waals surface area contributed by atoms with Crippen molar-refractivity contribution in [2.24, 2.45) is 0 Å². The highest BCUT2D eigenvalue weighted by molar-refractivity contribution is 6.07. The van der Waals surface area contributed by atoms with Crippen LogP contribution in [0.4, 0.5) is 0 Å². The fourth-order valence-electron chi connectivity index (χ4n) is 3.19. The average molecular weight is 394 g/mol. The van der Waals surface area contributed by atoms with Crippen molar-refractivity contribution in [1.82, 2.24) is 9.78 Å². The number of rotatable bonds is 7. The molecule has 0 amide bonds. The van der Waals surface area contributed by atoms with Crippen LogP contribution in [0, 0.1) is 0 Å². The Labute approximate surface area is 176 Å². The van der Waals surface area contributed by atoms with E-state index in [-0.39, 0.29) is 5.78 Å². The van der Waals surface area contributed by atoms with Gasteiger partial charge < -0.3 is 4.74 Å². The van der Waals surface area contributed by atoms with E-state index in [2.05, 4.69) is 0 Å². The number of allylic oxidation sites excluding steroid dienone is 1. The molecule has 4 nitrogen and oxygen atoms in total. The summed E-state index contributed by atoms with van der Waals surface area (Å²) in [4.78, 5) is 12.5. The maximum atomic E-state index is 12.5. The summed E-state index contributed by atoms with van der Waals surface area (Å²) in [5.74, 6) is 0.779. The Bertz CT molecular complexity index is 1140. The second kappa shape index (κ2) is 9.05. The third kappa shape index (κ3) is 4.39. The van der Waals surface area contributed by atoms with Gasteiger partial charge in [0.25, 0.3) is 0 Å². The van der Waals surface area contributed by atoms with Crippen LogP contribution in [0.5, 0.6) is 5.75 Å². The summed E-state index contributed by atoms with van der Waals surface area (Å²) < 4.78 is 7.38. The van der Waals surface area contributed by atoms with Gasteiger partial charge >= 0.3 is 0 Å². The molecule has 0 spiro atoms. The summed E-state index contributed by atoms with van der Waals surface area (Å²) in [5, 5.41) is 4.79. The van der Waals surface area contributed by atoms with Gasteiger partial charge in [0, 0.05) is 22.9 Å². The van der Waals surface area contributed by atoms with Crippen molar-refractivity contribution in [3.05, 3.63) is 108 Å². The molecule has 0 aliphatic heterocycles. The molecule has 0 aliphatic carbocycles. The summed E-state index contributed by atoms with van der Waals surface area (Å²) in [7, 11) is 0. The van der Waals surface area contributed by atoms with E-state index >= 15 is 0 Å². The standard InChI is InChI=1S/C26H22N2O2/c1-2-30-24-16-13-21(14-17-24)26-22(15-18-25(29)20-9-5-3-6-10-20)19-28(27-26)23-11-7-4-8-12-23/h3-19H,2H2,1H3. The average Bonchev–Trinajstić information content (AvgIpc) is 3.24. The number of para-hydroxylation sites is 1. The molecule has 4 heteroatoms. The van der Waals surface area contributed by atoms with Gasteiger partial charge in [0.1, 0.15) is 5.75 Å². The van der Waals surface area contributed by atoms with E-state index in [4.69, 9.17) is 9.84 Å². The van der Waals surface area contributed by atoms with Gasteiger partial charge in [0.2, 0.25) is 0 Å². The van der Waals surface area contributed by atoms with Crippen LogP contribution in [0.15, 0.2) is 97.2 Å². The molecule has 0 bridgehead atoms. The maximum absolute atomic E-state index is 12.5. The molecule has 0 saturated heterocycles. The molecule has 0 radical (unpaired) electrons. The first kappa shape index (κ1) is 19.4. The van der Waals surface area contributed by atoms with Crippen molar-refractivity contribution in [2.45, 2.75) is 6.92 Å². The minimum atomic E-state index is -0.0410. The van der Waals surface area contributed by atoms with Crippen LogP contribution in [0.1, 0.15) is 22.8 Å². The van der Waals surface area contributed by atoms with E-state index < -0.39 is 0 Å². The molecule has 148 valence electrons. The zero-order valence-corrected chi connectivity index (χ0v) is 16.7. The highest BCUT2D eigenvalue weighted by atomic mass is 16.5. The largest absolute Gasteiger partial charge is 0.494 e. The smallest absolute Gasteiger partial charge is 0.185 e. The molecule has 3 aromatic carbocycles. The lowest BCUT2D eigenvalue weighted by atomic mass is 10.1. The molecule has 30 heavy (non-hydrogen) atoms. The van der Waals surface area contributed by atoms with E-state index in [0.717, 1.165) is 28.3 Å². The van der Waals surface area contributed by atoms with Crippen molar-refractivity contribution >= 4 is 11.9 Å². The van der Waals surface area contributed by atoms with E-state index in [1.807, 2.05) is 109 Å². The number of ether oxygens (including phenoxy) is 1. The molecule has 0 unspecified atom stereocenters. The summed E-state index contributed by atoms with van der Waals surface area (Å²) in [6.45, 7) is 2.58. The van der Waals surface area contributed by atoms with Gasteiger partial charge in [-0.2, -0.15) is 5.10 Å². The number of benzene rings is 3. The van der Waals surface area contributed by atoms with Crippen molar-refractivity contribution in [3.8, 4) is 22.7 Å². The fraction of sp³-hybridized carbons (Fsp3) is 0.0769. The first-order valence-corrected chi connectivity index (χ1v) is 9.90. The highest BCUT2D eigenvalue weighted by Gasteiger charge is 2.11. The summed E-state index contributed by atoms with van der Waals surface area (Å²) in [6.07, 6.45) is 5.36. The van der Waals surface area contributed by atoms with E-state index in [1.54, 1.807) is 6.08 Å². The van der Waals surface area contributed by atoms with Crippen molar-refractivity contribution in [1.29, 1.82) is 0 Å². The molecule has 4 aromatic rings. The monoisotopic (exact) mass is 394 g/mol. The van der Waals surface area contributed by atoms with Crippen LogP contribution in [0.2, 0.25) is 0 Å². The Balaban J connectivity index is 1.71. The van der Waals surface area contributed by atoms with Crippen LogP contribution in [0.25, 0.3) is 23.0 Å². The molecule has 0 aliphatic rings. The van der Waals surface area contributed by atoms with Crippen molar-refractivity contribution in [2.75, 3.05) is 6.61 Å².